The number of amides is 1. The van der Waals surface area contributed by atoms with Gasteiger partial charge >= 0.3 is 0 Å². The van der Waals surface area contributed by atoms with Crippen molar-refractivity contribution < 1.29 is 9.53 Å². The number of ether oxygens (including phenoxy) is 1. The van der Waals surface area contributed by atoms with E-state index in [1.54, 1.807) is 11.9 Å². The number of benzene rings is 2. The fourth-order valence-electron chi connectivity index (χ4n) is 2.35. The average molecular weight is 337 g/mol. The SMILES string of the molecule is CN(COC(C)(C)C)C(=O)CC=C(c1ccccc1)c1ccccc1. The van der Waals surface area contributed by atoms with Crippen molar-refractivity contribution in [2.45, 2.75) is 32.8 Å². The highest BCUT2D eigenvalue weighted by Gasteiger charge is 2.14. The Morgan fingerprint density at radius 1 is 0.960 bits per heavy atom. The maximum absolute atomic E-state index is 12.4. The smallest absolute Gasteiger partial charge is 0.227 e. The molecule has 0 atom stereocenters. The summed E-state index contributed by atoms with van der Waals surface area (Å²) in [5.74, 6) is 0.0358. The largest absolute Gasteiger partial charge is 0.355 e. The lowest BCUT2D eigenvalue weighted by molar-refractivity contribution is -0.138. The number of carbonyl (C=O) groups is 1. The summed E-state index contributed by atoms with van der Waals surface area (Å²) >= 11 is 0. The van der Waals surface area contributed by atoms with Crippen LogP contribution in [0, 0.1) is 0 Å². The molecule has 1 amide bonds. The summed E-state index contributed by atoms with van der Waals surface area (Å²) in [6.07, 6.45) is 2.34. The summed E-state index contributed by atoms with van der Waals surface area (Å²) in [6.45, 7) is 6.23. The van der Waals surface area contributed by atoms with Crippen LogP contribution in [0.5, 0.6) is 0 Å². The van der Waals surface area contributed by atoms with Gasteiger partial charge in [0, 0.05) is 13.5 Å². The van der Waals surface area contributed by atoms with Crippen molar-refractivity contribution in [2.24, 2.45) is 0 Å². The van der Waals surface area contributed by atoms with Crippen molar-refractivity contribution in [1.29, 1.82) is 0 Å². The van der Waals surface area contributed by atoms with Crippen molar-refractivity contribution in [3.8, 4) is 0 Å². The molecule has 25 heavy (non-hydrogen) atoms. The first-order chi connectivity index (χ1) is 11.9. The summed E-state index contributed by atoms with van der Waals surface area (Å²) in [4.78, 5) is 14.0. The van der Waals surface area contributed by atoms with E-state index in [0.29, 0.717) is 13.2 Å². The van der Waals surface area contributed by atoms with Gasteiger partial charge in [-0.2, -0.15) is 0 Å². The lowest BCUT2D eigenvalue weighted by atomic mass is 9.97. The Labute approximate surface area is 150 Å². The minimum Gasteiger partial charge on any atom is -0.355 e. The van der Waals surface area contributed by atoms with Gasteiger partial charge in [0.25, 0.3) is 0 Å². The third-order valence-corrected chi connectivity index (χ3v) is 3.77. The zero-order valence-corrected chi connectivity index (χ0v) is 15.5. The summed E-state index contributed by atoms with van der Waals surface area (Å²) in [5.41, 5.74) is 3.02. The van der Waals surface area contributed by atoms with E-state index in [1.165, 1.54) is 0 Å². The highest BCUT2D eigenvalue weighted by Crippen LogP contribution is 2.23. The van der Waals surface area contributed by atoms with Crippen LogP contribution in [0.3, 0.4) is 0 Å². The molecule has 0 radical (unpaired) electrons. The standard InChI is InChI=1S/C22H27NO2/c1-22(2,3)25-17-23(4)21(24)16-15-20(18-11-7-5-8-12-18)19-13-9-6-10-14-19/h5-15H,16-17H2,1-4H3. The Kier molecular flexibility index (Phi) is 6.54. The first-order valence-electron chi connectivity index (χ1n) is 8.56. The second-order valence-electron chi connectivity index (χ2n) is 7.03. The molecule has 132 valence electrons. The molecule has 0 saturated carbocycles. The number of nitrogens with zero attached hydrogens (tertiary/aromatic N) is 1. The number of hydrogen-bond donors (Lipinski definition) is 0. The average Bonchev–Trinajstić information content (AvgIpc) is 2.61. The van der Waals surface area contributed by atoms with Gasteiger partial charge in [0.1, 0.15) is 6.73 Å². The lowest BCUT2D eigenvalue weighted by Crippen LogP contribution is -2.33. The molecule has 0 spiro atoms. The van der Waals surface area contributed by atoms with E-state index in [-0.39, 0.29) is 11.5 Å². The van der Waals surface area contributed by atoms with Crippen molar-refractivity contribution in [1.82, 2.24) is 4.90 Å². The Morgan fingerprint density at radius 3 is 1.88 bits per heavy atom. The van der Waals surface area contributed by atoms with Crippen LogP contribution in [0.4, 0.5) is 0 Å². The Hall–Kier alpha value is -2.39. The molecule has 0 aliphatic heterocycles. The molecule has 0 aromatic heterocycles. The van der Waals surface area contributed by atoms with Crippen LogP contribution < -0.4 is 0 Å². The lowest BCUT2D eigenvalue weighted by Gasteiger charge is -2.24. The van der Waals surface area contributed by atoms with E-state index >= 15 is 0 Å². The van der Waals surface area contributed by atoms with Gasteiger partial charge in [0.15, 0.2) is 0 Å². The number of carbonyl (C=O) groups excluding carboxylic acids is 1. The number of hydrogen-bond acceptors (Lipinski definition) is 2. The third-order valence-electron chi connectivity index (χ3n) is 3.77. The highest BCUT2D eigenvalue weighted by atomic mass is 16.5. The van der Waals surface area contributed by atoms with Gasteiger partial charge in [-0.05, 0) is 37.5 Å². The summed E-state index contributed by atoms with van der Waals surface area (Å²) in [5, 5.41) is 0. The van der Waals surface area contributed by atoms with Crippen molar-refractivity contribution in [3.05, 3.63) is 77.9 Å². The van der Waals surface area contributed by atoms with E-state index in [4.69, 9.17) is 4.74 Å². The van der Waals surface area contributed by atoms with Crippen LogP contribution >= 0.6 is 0 Å². The molecule has 0 saturated heterocycles. The molecule has 2 aromatic carbocycles. The molecular weight excluding hydrogens is 310 g/mol. The Balaban J connectivity index is 2.14. The van der Waals surface area contributed by atoms with E-state index in [0.717, 1.165) is 16.7 Å². The Bertz CT molecular complexity index is 658. The van der Waals surface area contributed by atoms with Crippen LogP contribution in [0.1, 0.15) is 38.3 Å². The predicted octanol–water partition coefficient (Wildman–Crippen LogP) is 4.74. The molecule has 0 aliphatic carbocycles. The Morgan fingerprint density at radius 2 is 1.44 bits per heavy atom. The predicted molar refractivity (Wildman–Crippen MR) is 103 cm³/mol. The van der Waals surface area contributed by atoms with Gasteiger partial charge in [0.05, 0.1) is 5.60 Å². The summed E-state index contributed by atoms with van der Waals surface area (Å²) in [6, 6.07) is 20.3. The zero-order valence-electron chi connectivity index (χ0n) is 15.5. The van der Waals surface area contributed by atoms with Crippen LogP contribution in [-0.4, -0.2) is 30.2 Å². The van der Waals surface area contributed by atoms with Crippen LogP contribution in [0.2, 0.25) is 0 Å². The van der Waals surface area contributed by atoms with E-state index in [2.05, 4.69) is 24.3 Å². The van der Waals surface area contributed by atoms with Gasteiger partial charge in [-0.25, -0.2) is 0 Å². The first kappa shape index (κ1) is 18.9. The minimum absolute atomic E-state index is 0.0358. The molecule has 2 aromatic rings. The van der Waals surface area contributed by atoms with Crippen LogP contribution in [0.25, 0.3) is 5.57 Å². The van der Waals surface area contributed by atoms with E-state index in [1.807, 2.05) is 63.2 Å². The highest BCUT2D eigenvalue weighted by molar-refractivity contribution is 5.84. The van der Waals surface area contributed by atoms with Crippen LogP contribution in [0.15, 0.2) is 66.7 Å². The maximum atomic E-state index is 12.4. The van der Waals surface area contributed by atoms with Gasteiger partial charge in [-0.15, -0.1) is 0 Å². The van der Waals surface area contributed by atoms with Crippen molar-refractivity contribution in [2.75, 3.05) is 13.8 Å². The van der Waals surface area contributed by atoms with Gasteiger partial charge in [0.2, 0.25) is 5.91 Å². The van der Waals surface area contributed by atoms with Crippen molar-refractivity contribution in [3.63, 3.8) is 0 Å². The quantitative estimate of drug-likeness (QED) is 0.713. The number of rotatable bonds is 6. The van der Waals surface area contributed by atoms with E-state index < -0.39 is 0 Å². The monoisotopic (exact) mass is 337 g/mol. The summed E-state index contributed by atoms with van der Waals surface area (Å²) in [7, 11) is 1.77. The van der Waals surface area contributed by atoms with Crippen LogP contribution in [-0.2, 0) is 9.53 Å². The zero-order chi connectivity index (χ0) is 18.3. The third kappa shape index (κ3) is 6.20. The van der Waals surface area contributed by atoms with Crippen molar-refractivity contribution >= 4 is 11.5 Å². The molecule has 0 N–H and O–H groups in total. The van der Waals surface area contributed by atoms with Gasteiger partial charge in [-0.3, -0.25) is 4.79 Å². The summed E-state index contributed by atoms with van der Waals surface area (Å²) < 4.78 is 5.67. The molecule has 0 bridgehead atoms. The van der Waals surface area contributed by atoms with E-state index in [9.17, 15) is 4.79 Å². The van der Waals surface area contributed by atoms with Gasteiger partial charge < -0.3 is 9.64 Å². The maximum Gasteiger partial charge on any atom is 0.227 e. The molecule has 0 heterocycles. The molecule has 0 unspecified atom stereocenters. The fourth-order valence-corrected chi connectivity index (χ4v) is 2.35. The molecule has 3 heteroatoms. The molecule has 3 nitrogen and oxygen atoms in total. The first-order valence-corrected chi connectivity index (χ1v) is 8.56. The second kappa shape index (κ2) is 8.63. The molecular formula is C22H27NO2. The fraction of sp³-hybridized carbons (Fsp3) is 0.318. The second-order valence-corrected chi connectivity index (χ2v) is 7.03. The molecule has 0 aliphatic rings. The van der Waals surface area contributed by atoms with Gasteiger partial charge in [-0.1, -0.05) is 66.7 Å². The normalized spacial score (nSPS) is 11.0. The molecule has 2 rings (SSSR count). The topological polar surface area (TPSA) is 29.5 Å². The minimum atomic E-state index is -0.260. The molecule has 0 fully saturated rings.